The maximum Gasteiger partial charge on any atom is 0.326 e. The minimum absolute atomic E-state index is 0.0919. The Bertz CT molecular complexity index is 1110. The molecule has 0 unspecified atom stereocenters. The van der Waals surface area contributed by atoms with Crippen LogP contribution in [-0.2, 0) is 19.2 Å². The molecule has 2 amide bonds. The van der Waals surface area contributed by atoms with Gasteiger partial charge >= 0.3 is 5.97 Å². The second-order valence-electron chi connectivity index (χ2n) is 12.8. The number of amides is 2. The Morgan fingerprint density at radius 3 is 2.51 bits per heavy atom. The number of hydrogen-bond acceptors (Lipinski definition) is 6. The number of rotatable bonds is 8. The molecule has 0 spiro atoms. The molecule has 0 aliphatic heterocycles. The van der Waals surface area contributed by atoms with Crippen molar-refractivity contribution in [2.24, 2.45) is 39.7 Å². The van der Waals surface area contributed by atoms with Crippen molar-refractivity contribution in [2.45, 2.75) is 90.7 Å². The molecule has 4 aliphatic rings. The summed E-state index contributed by atoms with van der Waals surface area (Å²) in [5.41, 5.74) is 1.10. The predicted molar refractivity (Wildman–Crippen MR) is 146 cm³/mol. The highest BCUT2D eigenvalue weighted by atomic mass is 16.6. The third kappa shape index (κ3) is 5.32. The number of aliphatic hydroxyl groups is 1. The number of carbonyl (C=O) groups is 3. The van der Waals surface area contributed by atoms with Crippen molar-refractivity contribution in [3.05, 3.63) is 11.6 Å². The van der Waals surface area contributed by atoms with E-state index in [1.807, 2.05) is 0 Å². The molecule has 0 aromatic heterocycles. The van der Waals surface area contributed by atoms with Gasteiger partial charge in [-0.05, 0) is 86.5 Å². The summed E-state index contributed by atoms with van der Waals surface area (Å²) < 4.78 is 0. The molecule has 0 aromatic carbocycles. The highest BCUT2D eigenvalue weighted by molar-refractivity contribution is 5.96. The Labute approximate surface area is 231 Å². The number of aliphatic carboxylic acids is 1. The van der Waals surface area contributed by atoms with Gasteiger partial charge in [0.2, 0.25) is 5.91 Å². The van der Waals surface area contributed by atoms with Gasteiger partial charge in [-0.1, -0.05) is 44.3 Å². The highest BCUT2D eigenvalue weighted by Crippen LogP contribution is 2.67. The van der Waals surface area contributed by atoms with E-state index >= 15 is 0 Å². The van der Waals surface area contributed by atoms with E-state index in [0.717, 1.165) is 50.7 Å². The van der Waals surface area contributed by atoms with Crippen LogP contribution in [0.5, 0.6) is 0 Å². The van der Waals surface area contributed by atoms with Crippen LogP contribution in [0.15, 0.2) is 16.8 Å². The maximum atomic E-state index is 12.1. The van der Waals surface area contributed by atoms with E-state index in [1.165, 1.54) is 5.57 Å². The minimum atomic E-state index is -1.12. The summed E-state index contributed by atoms with van der Waals surface area (Å²) >= 11 is 0. The largest absolute Gasteiger partial charge is 0.480 e. The number of terminal acetylenes is 1. The summed E-state index contributed by atoms with van der Waals surface area (Å²) in [6.45, 7) is 7.31. The van der Waals surface area contributed by atoms with Crippen molar-refractivity contribution in [3.63, 3.8) is 0 Å². The van der Waals surface area contributed by atoms with Crippen LogP contribution < -0.4 is 10.6 Å². The molecule has 3 fully saturated rings. The molecule has 4 N–H and O–H groups in total. The smallest absolute Gasteiger partial charge is 0.326 e. The van der Waals surface area contributed by atoms with Crippen LogP contribution >= 0.6 is 0 Å². The van der Waals surface area contributed by atoms with Crippen LogP contribution in [0.2, 0.25) is 0 Å². The predicted octanol–water partition coefficient (Wildman–Crippen LogP) is 3.03. The minimum Gasteiger partial charge on any atom is -0.480 e. The maximum absolute atomic E-state index is 12.1. The first-order valence-electron chi connectivity index (χ1n) is 14.2. The number of nitrogens with one attached hydrogen (secondary N) is 2. The number of oxime groups is 1. The zero-order chi connectivity index (χ0) is 28.6. The summed E-state index contributed by atoms with van der Waals surface area (Å²) in [7, 11) is 0. The van der Waals surface area contributed by atoms with Crippen molar-refractivity contribution in [2.75, 3.05) is 13.2 Å². The molecule has 0 radical (unpaired) electrons. The molecular weight excluding hydrogens is 498 g/mol. The first-order chi connectivity index (χ1) is 18.3. The number of carboxylic acids is 1. The van der Waals surface area contributed by atoms with Gasteiger partial charge in [-0.2, -0.15) is 0 Å². The quantitative estimate of drug-likeness (QED) is 0.275. The summed E-state index contributed by atoms with van der Waals surface area (Å²) in [5.74, 6) is 1.85. The van der Waals surface area contributed by atoms with Gasteiger partial charge in [0, 0.05) is 5.41 Å². The SMILES string of the molecule is C#C[C@]1(O)CC[C@@H]2[C@@H]3CCC4=CC(=NOCC(=O)NCC(=O)N[C@H](C(=O)O)C(C)C)CC[C@]4(C)[C@H]3CC[C@@]21C. The second-order valence-corrected chi connectivity index (χ2v) is 12.8. The normalized spacial score (nSPS) is 37.0. The van der Waals surface area contributed by atoms with Crippen molar-refractivity contribution in [1.82, 2.24) is 10.6 Å². The van der Waals surface area contributed by atoms with Crippen molar-refractivity contribution < 1.29 is 29.4 Å². The molecule has 9 nitrogen and oxygen atoms in total. The molecule has 0 saturated heterocycles. The summed E-state index contributed by atoms with van der Waals surface area (Å²) in [6.07, 6.45) is 15.5. The lowest BCUT2D eigenvalue weighted by Crippen LogP contribution is -2.54. The van der Waals surface area contributed by atoms with E-state index in [2.05, 4.69) is 41.6 Å². The highest BCUT2D eigenvalue weighted by Gasteiger charge is 2.63. The lowest BCUT2D eigenvalue weighted by Gasteiger charge is -2.58. The molecule has 214 valence electrons. The summed E-state index contributed by atoms with van der Waals surface area (Å²) in [6, 6.07) is -1.01. The average molecular weight is 542 g/mol. The first-order valence-corrected chi connectivity index (χ1v) is 14.2. The number of fused-ring (bicyclic) bond motifs is 5. The second kappa shape index (κ2) is 11.0. The zero-order valence-electron chi connectivity index (χ0n) is 23.6. The van der Waals surface area contributed by atoms with E-state index in [0.29, 0.717) is 24.2 Å². The van der Waals surface area contributed by atoms with Gasteiger partial charge < -0.3 is 25.7 Å². The third-order valence-corrected chi connectivity index (χ3v) is 10.4. The Morgan fingerprint density at radius 1 is 1.13 bits per heavy atom. The fourth-order valence-electron chi connectivity index (χ4n) is 8.04. The van der Waals surface area contributed by atoms with Gasteiger partial charge in [-0.15, -0.1) is 6.42 Å². The summed E-state index contributed by atoms with van der Waals surface area (Å²) in [4.78, 5) is 40.6. The van der Waals surface area contributed by atoms with Crippen LogP contribution in [0.1, 0.15) is 79.1 Å². The molecule has 0 heterocycles. The Balaban J connectivity index is 1.31. The Hall–Kier alpha value is -2.86. The number of carboxylic acid groups (broad SMARTS) is 1. The monoisotopic (exact) mass is 541 g/mol. The molecule has 0 bridgehead atoms. The van der Waals surface area contributed by atoms with Gasteiger partial charge in [0.25, 0.3) is 5.91 Å². The average Bonchev–Trinajstić information content (AvgIpc) is 3.16. The van der Waals surface area contributed by atoms with Gasteiger partial charge in [0.1, 0.15) is 11.6 Å². The van der Waals surface area contributed by atoms with Crippen LogP contribution in [0, 0.1) is 46.8 Å². The molecular formula is C30H43N3O6. The molecule has 3 saturated carbocycles. The Kier molecular flexibility index (Phi) is 8.18. The van der Waals surface area contributed by atoms with Gasteiger partial charge in [0.05, 0.1) is 12.3 Å². The standard InChI is InChI=1S/C30H43N3O6/c1-6-30(38)14-11-23-21-8-7-19-15-20(9-12-28(19,4)22(21)10-13-29(23,30)5)33-39-17-25(35)31-16-24(34)32-26(18(2)3)27(36)37/h1,15,18,21-23,26,38H,7-14,16-17H2,2-5H3,(H,31,35)(H,32,34)(H,36,37)/t21-,22+,23-,26+,28+,29+,30+/m1/s1. The van der Waals surface area contributed by atoms with E-state index in [9.17, 15) is 24.6 Å². The van der Waals surface area contributed by atoms with Crippen LogP contribution in [0.4, 0.5) is 0 Å². The molecule has 9 heteroatoms. The molecule has 7 atom stereocenters. The summed E-state index contributed by atoms with van der Waals surface area (Å²) in [5, 5.41) is 29.4. The van der Waals surface area contributed by atoms with Gasteiger partial charge in [0.15, 0.2) is 6.61 Å². The van der Waals surface area contributed by atoms with E-state index in [1.54, 1.807) is 13.8 Å². The molecule has 39 heavy (non-hydrogen) atoms. The fraction of sp³-hybridized carbons (Fsp3) is 0.733. The first kappa shape index (κ1) is 29.1. The van der Waals surface area contributed by atoms with Gasteiger partial charge in [-0.25, -0.2) is 4.79 Å². The Morgan fingerprint density at radius 2 is 1.85 bits per heavy atom. The van der Waals surface area contributed by atoms with Crippen molar-refractivity contribution in [3.8, 4) is 12.3 Å². The lowest BCUT2D eigenvalue weighted by molar-refractivity contribution is -0.143. The molecule has 4 rings (SSSR count). The van der Waals surface area contributed by atoms with Crippen LogP contribution in [0.3, 0.4) is 0 Å². The molecule has 4 aliphatic carbocycles. The zero-order valence-corrected chi connectivity index (χ0v) is 23.6. The number of hydrogen-bond donors (Lipinski definition) is 4. The van der Waals surface area contributed by atoms with E-state index in [-0.39, 0.29) is 29.9 Å². The third-order valence-electron chi connectivity index (χ3n) is 10.4. The number of carbonyl (C=O) groups excluding carboxylic acids is 2. The van der Waals surface area contributed by atoms with Crippen molar-refractivity contribution >= 4 is 23.5 Å². The topological polar surface area (TPSA) is 137 Å². The fourth-order valence-corrected chi connectivity index (χ4v) is 8.04. The van der Waals surface area contributed by atoms with Crippen LogP contribution in [0.25, 0.3) is 0 Å². The van der Waals surface area contributed by atoms with Crippen LogP contribution in [-0.4, -0.2) is 58.5 Å². The van der Waals surface area contributed by atoms with E-state index < -0.39 is 29.4 Å². The lowest BCUT2D eigenvalue weighted by atomic mass is 9.46. The van der Waals surface area contributed by atoms with Crippen molar-refractivity contribution in [1.29, 1.82) is 0 Å². The number of nitrogens with zero attached hydrogens (tertiary/aromatic N) is 1. The molecule has 0 aromatic rings. The van der Waals surface area contributed by atoms with Gasteiger partial charge in [-0.3, -0.25) is 9.59 Å². The van der Waals surface area contributed by atoms with E-state index in [4.69, 9.17) is 11.3 Å². The number of allylic oxidation sites excluding steroid dienone is 2.